The topological polar surface area (TPSA) is 52.0 Å². The van der Waals surface area contributed by atoms with Crippen molar-refractivity contribution in [3.05, 3.63) is 91.8 Å². The Morgan fingerprint density at radius 1 is 0.963 bits per heavy atom. The first kappa shape index (κ1) is 19.1. The molecule has 0 saturated heterocycles. The van der Waals surface area contributed by atoms with Crippen molar-refractivity contribution >= 4 is 29.0 Å². The smallest absolute Gasteiger partial charge is 0.287 e. The molecule has 0 atom stereocenters. The van der Waals surface area contributed by atoms with E-state index in [1.807, 2.05) is 0 Å². The van der Waals surface area contributed by atoms with Gasteiger partial charge in [-0.05, 0) is 42.5 Å². The number of hydrogen-bond donors (Lipinski definition) is 0. The van der Waals surface area contributed by atoms with Crippen LogP contribution in [0, 0.1) is 0 Å². The van der Waals surface area contributed by atoms with Crippen LogP contribution in [0.2, 0.25) is 10.0 Å². The predicted octanol–water partition coefficient (Wildman–Crippen LogP) is 4.79. The Hall–Kier alpha value is -2.64. The van der Waals surface area contributed by atoms with Crippen molar-refractivity contribution in [3.63, 3.8) is 0 Å². The minimum Gasteiger partial charge on any atom is -0.287 e. The van der Waals surface area contributed by atoms with Gasteiger partial charge in [-0.25, -0.2) is 0 Å². The number of rotatable bonds is 3. The standard InChI is InChI=1S/C18H9Cl2F3N2O2/c19-11-6-4-10(5-7-11)17(27)16-14(18(21,22)23)9-15(26)25(24-16)13-3-1-2-12(20)8-13/h1-9H. The lowest BCUT2D eigenvalue weighted by Gasteiger charge is -2.14. The Labute approximate surface area is 160 Å². The molecule has 2 aromatic carbocycles. The number of nitrogens with zero attached hydrogens (tertiary/aromatic N) is 2. The summed E-state index contributed by atoms with van der Waals surface area (Å²) in [5.41, 5.74) is -3.27. The van der Waals surface area contributed by atoms with Gasteiger partial charge in [0.05, 0.1) is 11.3 Å². The van der Waals surface area contributed by atoms with Gasteiger partial charge in [0.25, 0.3) is 5.56 Å². The molecule has 0 N–H and O–H groups in total. The molecule has 0 fully saturated rings. The average Bonchev–Trinajstić information content (AvgIpc) is 2.61. The van der Waals surface area contributed by atoms with E-state index in [2.05, 4.69) is 5.10 Å². The number of carbonyl (C=O) groups is 1. The molecule has 27 heavy (non-hydrogen) atoms. The first-order valence-corrected chi connectivity index (χ1v) is 8.20. The van der Waals surface area contributed by atoms with E-state index in [1.54, 1.807) is 0 Å². The zero-order valence-electron chi connectivity index (χ0n) is 13.3. The van der Waals surface area contributed by atoms with Crippen LogP contribution in [0.15, 0.2) is 59.4 Å². The Balaban J connectivity index is 2.23. The summed E-state index contributed by atoms with van der Waals surface area (Å²) in [6.07, 6.45) is -4.93. The monoisotopic (exact) mass is 412 g/mol. The molecule has 4 nitrogen and oxygen atoms in total. The number of aromatic nitrogens is 2. The molecular weight excluding hydrogens is 404 g/mol. The first-order chi connectivity index (χ1) is 12.7. The summed E-state index contributed by atoms with van der Waals surface area (Å²) in [6.45, 7) is 0. The third-order valence-corrected chi connectivity index (χ3v) is 4.10. The molecule has 0 unspecified atom stereocenters. The molecule has 0 radical (unpaired) electrons. The number of benzene rings is 2. The van der Waals surface area contributed by atoms with Gasteiger partial charge in [-0.2, -0.15) is 23.0 Å². The van der Waals surface area contributed by atoms with E-state index in [-0.39, 0.29) is 16.3 Å². The first-order valence-electron chi connectivity index (χ1n) is 7.44. The number of carbonyl (C=O) groups excluding carboxylic acids is 1. The van der Waals surface area contributed by atoms with Crippen LogP contribution in [0.5, 0.6) is 0 Å². The van der Waals surface area contributed by atoms with Crippen LogP contribution in [0.3, 0.4) is 0 Å². The van der Waals surface area contributed by atoms with Gasteiger partial charge in [0.1, 0.15) is 5.69 Å². The predicted molar refractivity (Wildman–Crippen MR) is 94.7 cm³/mol. The average molecular weight is 413 g/mol. The molecule has 3 rings (SSSR count). The third-order valence-electron chi connectivity index (χ3n) is 3.61. The minimum absolute atomic E-state index is 0.0475. The summed E-state index contributed by atoms with van der Waals surface area (Å²) in [5.74, 6) is -0.991. The molecule has 0 saturated carbocycles. The summed E-state index contributed by atoms with van der Waals surface area (Å²) >= 11 is 11.6. The molecule has 1 aromatic heterocycles. The zero-order chi connectivity index (χ0) is 19.8. The Morgan fingerprint density at radius 3 is 2.22 bits per heavy atom. The summed E-state index contributed by atoms with van der Waals surface area (Å²) in [7, 11) is 0. The molecule has 0 aliphatic heterocycles. The van der Waals surface area contributed by atoms with Gasteiger partial charge in [0, 0.05) is 21.7 Å². The Kier molecular flexibility index (Phi) is 5.08. The van der Waals surface area contributed by atoms with Crippen molar-refractivity contribution in [1.82, 2.24) is 9.78 Å². The SMILES string of the molecule is O=C(c1ccc(Cl)cc1)c1nn(-c2cccc(Cl)c2)c(=O)cc1C(F)(F)F. The molecule has 0 bridgehead atoms. The number of halogens is 5. The van der Waals surface area contributed by atoms with Crippen LogP contribution in [0.1, 0.15) is 21.6 Å². The van der Waals surface area contributed by atoms with Gasteiger partial charge in [-0.3, -0.25) is 9.59 Å². The van der Waals surface area contributed by atoms with Crippen molar-refractivity contribution in [2.24, 2.45) is 0 Å². The quantitative estimate of drug-likeness (QED) is 0.581. The number of alkyl halides is 3. The maximum atomic E-state index is 13.4. The molecular formula is C18H9Cl2F3N2O2. The minimum atomic E-state index is -4.93. The van der Waals surface area contributed by atoms with E-state index in [9.17, 15) is 22.8 Å². The summed E-state index contributed by atoms with van der Waals surface area (Å²) in [5, 5.41) is 4.27. The van der Waals surface area contributed by atoms with Crippen LogP contribution < -0.4 is 5.56 Å². The second-order valence-electron chi connectivity index (χ2n) is 5.47. The highest BCUT2D eigenvalue weighted by Gasteiger charge is 2.37. The maximum absolute atomic E-state index is 13.4. The van der Waals surface area contributed by atoms with Gasteiger partial charge >= 0.3 is 6.18 Å². The molecule has 9 heteroatoms. The van der Waals surface area contributed by atoms with E-state index < -0.39 is 28.8 Å². The lowest BCUT2D eigenvalue weighted by Crippen LogP contribution is -2.28. The van der Waals surface area contributed by atoms with Gasteiger partial charge in [0.2, 0.25) is 5.78 Å². The van der Waals surface area contributed by atoms with E-state index >= 15 is 0 Å². The zero-order valence-corrected chi connectivity index (χ0v) is 14.8. The van der Waals surface area contributed by atoms with Crippen LogP contribution >= 0.6 is 23.2 Å². The van der Waals surface area contributed by atoms with Crippen LogP contribution in [-0.2, 0) is 6.18 Å². The van der Waals surface area contributed by atoms with Crippen LogP contribution in [-0.4, -0.2) is 15.6 Å². The van der Waals surface area contributed by atoms with Gasteiger partial charge < -0.3 is 0 Å². The third kappa shape index (κ3) is 4.04. The van der Waals surface area contributed by atoms with E-state index in [0.717, 1.165) is 0 Å². The lowest BCUT2D eigenvalue weighted by atomic mass is 10.0. The molecule has 3 aromatic rings. The van der Waals surface area contributed by atoms with Gasteiger partial charge in [-0.15, -0.1) is 0 Å². The summed E-state index contributed by atoms with van der Waals surface area (Å²) in [6, 6.07) is 11.5. The van der Waals surface area contributed by atoms with Gasteiger partial charge in [0.15, 0.2) is 0 Å². The highest BCUT2D eigenvalue weighted by Crippen LogP contribution is 2.31. The van der Waals surface area contributed by atoms with Crippen molar-refractivity contribution in [2.45, 2.75) is 6.18 Å². The second kappa shape index (κ2) is 7.17. The molecule has 0 spiro atoms. The number of ketones is 1. The normalized spacial score (nSPS) is 11.4. The molecule has 0 aliphatic carbocycles. The van der Waals surface area contributed by atoms with E-state index in [4.69, 9.17) is 23.2 Å². The van der Waals surface area contributed by atoms with E-state index in [0.29, 0.717) is 15.8 Å². The second-order valence-corrected chi connectivity index (χ2v) is 6.34. The van der Waals surface area contributed by atoms with Gasteiger partial charge in [-0.1, -0.05) is 29.3 Å². The van der Waals surface area contributed by atoms with Crippen LogP contribution in [0.4, 0.5) is 13.2 Å². The fourth-order valence-electron chi connectivity index (χ4n) is 2.37. The largest absolute Gasteiger partial charge is 0.418 e. The highest BCUT2D eigenvalue weighted by molar-refractivity contribution is 6.31. The highest BCUT2D eigenvalue weighted by atomic mass is 35.5. The van der Waals surface area contributed by atoms with Crippen molar-refractivity contribution in [3.8, 4) is 5.69 Å². The Morgan fingerprint density at radius 2 is 1.63 bits per heavy atom. The fourth-order valence-corrected chi connectivity index (χ4v) is 2.68. The lowest BCUT2D eigenvalue weighted by molar-refractivity contribution is -0.138. The van der Waals surface area contributed by atoms with Crippen molar-refractivity contribution in [1.29, 1.82) is 0 Å². The number of hydrogen-bond acceptors (Lipinski definition) is 3. The summed E-state index contributed by atoms with van der Waals surface area (Å²) < 4.78 is 40.9. The van der Waals surface area contributed by atoms with Crippen LogP contribution in [0.25, 0.3) is 5.69 Å². The van der Waals surface area contributed by atoms with Crippen molar-refractivity contribution < 1.29 is 18.0 Å². The molecule has 0 aliphatic rings. The maximum Gasteiger partial charge on any atom is 0.418 e. The van der Waals surface area contributed by atoms with E-state index in [1.165, 1.54) is 48.5 Å². The summed E-state index contributed by atoms with van der Waals surface area (Å²) in [4.78, 5) is 24.8. The molecule has 1 heterocycles. The Bertz CT molecular complexity index is 1080. The van der Waals surface area contributed by atoms with Crippen molar-refractivity contribution in [2.75, 3.05) is 0 Å². The molecule has 138 valence electrons. The molecule has 0 amide bonds. The fraction of sp³-hybridized carbons (Fsp3) is 0.0556.